The first-order valence-electron chi connectivity index (χ1n) is 14.8. The number of hydrogen-bond acceptors (Lipinski definition) is 5. The van der Waals surface area contributed by atoms with E-state index in [1.165, 1.54) is 36.1 Å². The van der Waals surface area contributed by atoms with Crippen LogP contribution >= 0.6 is 0 Å². The Morgan fingerprint density at radius 3 is 2.72 bits per heavy atom. The van der Waals surface area contributed by atoms with Crippen molar-refractivity contribution in [1.29, 1.82) is 0 Å². The molecule has 2 spiro atoms. The summed E-state index contributed by atoms with van der Waals surface area (Å²) in [4.78, 5) is 16.8. The molecule has 6 heteroatoms. The standard InChI is InChI=1S/C33H38N2O4/c1-37-25-11-10-23-18-26-31-13-14-33(38-2,24(19-31)29(36)34-16-12-21-6-4-3-5-7-21)30-32(31,27(23)28(25)39-30)15-17-35(26)20-22-8-9-22/h3-7,10-11,19,22,26,30H,8-9,12-18,20H2,1-2H3,(H,34,36)/t26-,30-,31-,32+,33-/m1/s1. The Balaban J connectivity index is 1.24. The average molecular weight is 527 g/mol. The number of ether oxygens (including phenoxy) is 3. The first-order chi connectivity index (χ1) is 19.1. The number of amides is 1. The van der Waals surface area contributed by atoms with E-state index in [9.17, 15) is 4.79 Å². The first-order valence-corrected chi connectivity index (χ1v) is 14.8. The number of likely N-dealkylation sites (tertiary alicyclic amines) is 1. The molecule has 0 aromatic heterocycles. The maximum Gasteiger partial charge on any atom is 0.249 e. The van der Waals surface area contributed by atoms with Crippen molar-refractivity contribution >= 4 is 5.91 Å². The van der Waals surface area contributed by atoms with Crippen LogP contribution in [0.25, 0.3) is 0 Å². The van der Waals surface area contributed by atoms with Crippen molar-refractivity contribution < 1.29 is 19.0 Å². The summed E-state index contributed by atoms with van der Waals surface area (Å²) in [6, 6.07) is 15.1. The first kappa shape index (κ1) is 24.0. The molecular formula is C33H38N2O4. The van der Waals surface area contributed by atoms with E-state index in [1.807, 2.05) is 18.2 Å². The van der Waals surface area contributed by atoms with E-state index in [-0.39, 0.29) is 22.8 Å². The second kappa shape index (κ2) is 8.34. The average Bonchev–Trinajstić information content (AvgIpc) is 3.71. The molecule has 4 bridgehead atoms. The second-order valence-electron chi connectivity index (χ2n) is 12.7. The molecule has 5 aliphatic carbocycles. The van der Waals surface area contributed by atoms with Crippen LogP contribution in [0.5, 0.6) is 11.5 Å². The zero-order valence-corrected chi connectivity index (χ0v) is 23.0. The Bertz CT molecular complexity index is 1370. The lowest BCUT2D eigenvalue weighted by molar-refractivity contribution is -0.196. The van der Waals surface area contributed by atoms with Crippen LogP contribution in [0, 0.1) is 11.3 Å². The van der Waals surface area contributed by atoms with Gasteiger partial charge < -0.3 is 19.5 Å². The van der Waals surface area contributed by atoms with E-state index in [4.69, 9.17) is 14.2 Å². The third-order valence-electron chi connectivity index (χ3n) is 11.2. The Hall–Kier alpha value is -2.83. The number of hydrogen-bond donors (Lipinski definition) is 1. The Morgan fingerprint density at radius 1 is 1.10 bits per heavy atom. The van der Waals surface area contributed by atoms with Gasteiger partial charge in [0.1, 0.15) is 11.7 Å². The zero-order chi connectivity index (χ0) is 26.4. The van der Waals surface area contributed by atoms with Gasteiger partial charge in [0, 0.05) is 42.8 Å². The van der Waals surface area contributed by atoms with Crippen LogP contribution in [-0.2, 0) is 27.8 Å². The van der Waals surface area contributed by atoms with Crippen molar-refractivity contribution in [1.82, 2.24) is 10.2 Å². The molecule has 0 radical (unpaired) electrons. The minimum absolute atomic E-state index is 0.00848. The summed E-state index contributed by atoms with van der Waals surface area (Å²) in [7, 11) is 3.50. The fourth-order valence-electron chi connectivity index (χ4n) is 9.32. The lowest BCUT2D eigenvalue weighted by atomic mass is 9.37. The number of carbonyl (C=O) groups is 1. The minimum Gasteiger partial charge on any atom is -0.493 e. The van der Waals surface area contributed by atoms with Gasteiger partial charge >= 0.3 is 0 Å². The normalized spacial score (nSPS) is 35.2. The third kappa shape index (κ3) is 3.02. The number of benzene rings is 2. The number of carbonyl (C=O) groups excluding carboxylic acids is 1. The van der Waals surface area contributed by atoms with Gasteiger partial charge in [-0.2, -0.15) is 0 Å². The zero-order valence-electron chi connectivity index (χ0n) is 23.0. The van der Waals surface area contributed by atoms with Gasteiger partial charge in [0.25, 0.3) is 0 Å². The lowest BCUT2D eigenvalue weighted by Gasteiger charge is -2.70. The van der Waals surface area contributed by atoms with E-state index in [2.05, 4.69) is 40.6 Å². The van der Waals surface area contributed by atoms with E-state index in [0.29, 0.717) is 12.6 Å². The summed E-state index contributed by atoms with van der Waals surface area (Å²) in [6.07, 6.45) is 9.49. The highest BCUT2D eigenvalue weighted by Crippen LogP contribution is 2.74. The third-order valence-corrected chi connectivity index (χ3v) is 11.2. The molecule has 39 heavy (non-hydrogen) atoms. The molecule has 9 rings (SSSR count). The summed E-state index contributed by atoms with van der Waals surface area (Å²) in [5, 5.41) is 3.26. The largest absolute Gasteiger partial charge is 0.493 e. The highest BCUT2D eigenvalue weighted by molar-refractivity contribution is 5.97. The number of nitrogens with one attached hydrogen (secondary N) is 1. The molecule has 1 amide bonds. The van der Waals surface area contributed by atoms with Gasteiger partial charge in [0.05, 0.1) is 12.5 Å². The van der Waals surface area contributed by atoms with Gasteiger partial charge in [-0.3, -0.25) is 9.69 Å². The monoisotopic (exact) mass is 526 g/mol. The maximum atomic E-state index is 14.0. The van der Waals surface area contributed by atoms with E-state index in [0.717, 1.165) is 61.6 Å². The van der Waals surface area contributed by atoms with Gasteiger partial charge in [-0.1, -0.05) is 42.5 Å². The van der Waals surface area contributed by atoms with Crippen LogP contribution in [0.3, 0.4) is 0 Å². The second-order valence-corrected chi connectivity index (χ2v) is 12.7. The van der Waals surface area contributed by atoms with Crippen molar-refractivity contribution in [3.63, 3.8) is 0 Å². The maximum absolute atomic E-state index is 14.0. The molecule has 7 aliphatic rings. The minimum atomic E-state index is -0.777. The molecule has 3 fully saturated rings. The fourth-order valence-corrected chi connectivity index (χ4v) is 9.32. The predicted molar refractivity (Wildman–Crippen MR) is 148 cm³/mol. The van der Waals surface area contributed by atoms with E-state index < -0.39 is 5.60 Å². The van der Waals surface area contributed by atoms with Gasteiger partial charge in [-0.25, -0.2) is 0 Å². The van der Waals surface area contributed by atoms with Crippen molar-refractivity contribution in [2.24, 2.45) is 11.3 Å². The molecule has 6 nitrogen and oxygen atoms in total. The van der Waals surface area contributed by atoms with Crippen LogP contribution in [0.1, 0.15) is 48.8 Å². The van der Waals surface area contributed by atoms with Gasteiger partial charge in [0.15, 0.2) is 11.5 Å². The van der Waals surface area contributed by atoms with Crippen molar-refractivity contribution in [2.75, 3.05) is 33.9 Å². The molecule has 2 aromatic carbocycles. The molecule has 1 N–H and O–H groups in total. The molecule has 2 aliphatic heterocycles. The molecule has 2 aromatic rings. The number of nitrogens with zero attached hydrogens (tertiary/aromatic N) is 1. The van der Waals surface area contributed by atoms with Crippen LogP contribution in [0.15, 0.2) is 54.1 Å². The summed E-state index contributed by atoms with van der Waals surface area (Å²) in [6.45, 7) is 2.85. The van der Waals surface area contributed by atoms with Crippen LogP contribution in [-0.4, -0.2) is 62.4 Å². The van der Waals surface area contributed by atoms with Crippen molar-refractivity contribution in [3.05, 3.63) is 70.8 Å². The molecule has 2 heterocycles. The highest BCUT2D eigenvalue weighted by Gasteiger charge is 2.79. The number of fused-ring (bicyclic) bond motifs is 1. The summed E-state index contributed by atoms with van der Waals surface area (Å²) in [5.74, 6) is 2.51. The Morgan fingerprint density at radius 2 is 1.95 bits per heavy atom. The molecular weight excluding hydrogens is 488 g/mol. The Kier molecular flexibility index (Phi) is 5.13. The number of piperidine rings is 1. The molecule has 2 saturated carbocycles. The van der Waals surface area contributed by atoms with Gasteiger partial charge in [-0.05, 0) is 74.6 Å². The summed E-state index contributed by atoms with van der Waals surface area (Å²) < 4.78 is 19.3. The van der Waals surface area contributed by atoms with Gasteiger partial charge in [-0.15, -0.1) is 0 Å². The fraction of sp³-hybridized carbons (Fsp3) is 0.545. The lowest BCUT2D eigenvalue weighted by Crippen LogP contribution is -2.78. The van der Waals surface area contributed by atoms with E-state index in [1.54, 1.807) is 14.2 Å². The smallest absolute Gasteiger partial charge is 0.249 e. The topological polar surface area (TPSA) is 60.0 Å². The Labute approximate surface area is 230 Å². The molecule has 204 valence electrons. The highest BCUT2D eigenvalue weighted by atomic mass is 16.6. The van der Waals surface area contributed by atoms with Crippen LogP contribution < -0.4 is 14.8 Å². The predicted octanol–water partition coefficient (Wildman–Crippen LogP) is 4.20. The quantitative estimate of drug-likeness (QED) is 0.559. The SMILES string of the molecule is COc1ccc2c3c1O[C@@H]1[C@]34CCN(CC3CC3)[C@H](C2)[C@@]42C=C(C(=O)NCCc3ccccc3)[C@]1(OC)CC2. The number of methoxy groups -OCH3 is 2. The molecule has 5 atom stereocenters. The molecule has 0 unspecified atom stereocenters. The summed E-state index contributed by atoms with van der Waals surface area (Å²) >= 11 is 0. The van der Waals surface area contributed by atoms with E-state index >= 15 is 0 Å². The number of rotatable bonds is 8. The van der Waals surface area contributed by atoms with Crippen LogP contribution in [0.4, 0.5) is 0 Å². The van der Waals surface area contributed by atoms with Crippen LogP contribution in [0.2, 0.25) is 0 Å². The summed E-state index contributed by atoms with van der Waals surface area (Å²) in [5.41, 5.74) is 3.61. The van der Waals surface area contributed by atoms with Crippen molar-refractivity contribution in [2.45, 2.75) is 68.1 Å². The van der Waals surface area contributed by atoms with Gasteiger partial charge in [0.2, 0.25) is 5.91 Å². The molecule has 1 saturated heterocycles. The van der Waals surface area contributed by atoms with Crippen molar-refractivity contribution in [3.8, 4) is 11.5 Å².